The van der Waals surface area contributed by atoms with Gasteiger partial charge in [0.05, 0.1) is 10.9 Å². The first-order valence-electron chi connectivity index (χ1n) is 7.33. The molecule has 0 aliphatic carbocycles. The van der Waals surface area contributed by atoms with Crippen LogP contribution in [0.25, 0.3) is 10.1 Å². The number of carbonyl (C=O) groups is 1. The third kappa shape index (κ3) is 2.51. The first-order valence-corrected chi connectivity index (χ1v) is 9.40. The van der Waals surface area contributed by atoms with E-state index in [1.165, 1.54) is 32.2 Å². The lowest BCUT2D eigenvalue weighted by Crippen LogP contribution is -2.36. The van der Waals surface area contributed by atoms with Gasteiger partial charge in [-0.15, -0.1) is 22.7 Å². The first kappa shape index (κ1) is 14.9. The van der Waals surface area contributed by atoms with E-state index in [-0.39, 0.29) is 11.8 Å². The molecule has 1 amide bonds. The van der Waals surface area contributed by atoms with Gasteiger partial charge in [-0.3, -0.25) is 4.79 Å². The molecule has 0 N–H and O–H groups in total. The van der Waals surface area contributed by atoms with Gasteiger partial charge in [-0.1, -0.05) is 36.4 Å². The van der Waals surface area contributed by atoms with E-state index in [9.17, 15) is 4.79 Å². The quantitative estimate of drug-likeness (QED) is 0.570. The van der Waals surface area contributed by atoms with Crippen molar-refractivity contribution in [1.29, 1.82) is 0 Å². The second-order valence-corrected chi connectivity index (χ2v) is 8.27. The van der Waals surface area contributed by atoms with Crippen LogP contribution in [-0.4, -0.2) is 17.4 Å². The molecule has 1 atom stereocenters. The number of fused-ring (bicyclic) bond motifs is 2. The predicted octanol–water partition coefficient (Wildman–Crippen LogP) is 5.28. The highest BCUT2D eigenvalue weighted by Gasteiger charge is 2.31. The molecule has 3 aromatic rings. The lowest BCUT2D eigenvalue weighted by atomic mass is 9.88. The van der Waals surface area contributed by atoms with Gasteiger partial charge < -0.3 is 4.90 Å². The minimum absolute atomic E-state index is 0.0234. The van der Waals surface area contributed by atoms with Crippen molar-refractivity contribution < 1.29 is 4.79 Å². The second kappa shape index (κ2) is 5.78. The van der Waals surface area contributed by atoms with Crippen LogP contribution in [0.4, 0.5) is 0 Å². The van der Waals surface area contributed by atoms with Gasteiger partial charge in [-0.2, -0.15) is 0 Å². The van der Waals surface area contributed by atoms with Gasteiger partial charge in [0, 0.05) is 22.0 Å². The van der Waals surface area contributed by atoms with Gasteiger partial charge >= 0.3 is 0 Å². The SMILES string of the molecule is C=CC(=O)N1Cc2sc(Cl)cc2[C@H](c2csc3ccccc23)C1. The minimum atomic E-state index is -0.0234. The summed E-state index contributed by atoms with van der Waals surface area (Å²) in [5, 5.41) is 3.48. The zero-order valence-corrected chi connectivity index (χ0v) is 14.7. The Kier molecular flexibility index (Phi) is 3.76. The summed E-state index contributed by atoms with van der Waals surface area (Å²) in [5.41, 5.74) is 2.54. The third-order valence-electron chi connectivity index (χ3n) is 4.30. The fourth-order valence-electron chi connectivity index (χ4n) is 3.22. The summed E-state index contributed by atoms with van der Waals surface area (Å²) in [6.45, 7) is 4.92. The molecule has 4 rings (SSSR count). The maximum Gasteiger partial charge on any atom is 0.246 e. The first-order chi connectivity index (χ1) is 11.2. The van der Waals surface area contributed by atoms with Gasteiger partial charge in [0.25, 0.3) is 0 Å². The van der Waals surface area contributed by atoms with Crippen molar-refractivity contribution in [2.45, 2.75) is 12.5 Å². The summed E-state index contributed by atoms with van der Waals surface area (Å²) >= 11 is 9.57. The second-order valence-electron chi connectivity index (χ2n) is 5.59. The summed E-state index contributed by atoms with van der Waals surface area (Å²) in [6, 6.07) is 10.5. The molecule has 0 radical (unpaired) electrons. The van der Waals surface area contributed by atoms with E-state index in [1.54, 1.807) is 22.7 Å². The van der Waals surface area contributed by atoms with E-state index in [4.69, 9.17) is 11.6 Å². The van der Waals surface area contributed by atoms with Gasteiger partial charge in [-0.25, -0.2) is 0 Å². The van der Waals surface area contributed by atoms with Crippen molar-refractivity contribution in [3.05, 3.63) is 68.7 Å². The van der Waals surface area contributed by atoms with Gasteiger partial charge in [0.2, 0.25) is 5.91 Å². The number of hydrogen-bond donors (Lipinski definition) is 0. The molecule has 1 aliphatic heterocycles. The molecule has 1 aliphatic rings. The molecule has 0 saturated carbocycles. The molecule has 3 heterocycles. The molecule has 23 heavy (non-hydrogen) atoms. The van der Waals surface area contributed by atoms with Crippen molar-refractivity contribution in [3.63, 3.8) is 0 Å². The zero-order valence-electron chi connectivity index (χ0n) is 12.3. The lowest BCUT2D eigenvalue weighted by Gasteiger charge is -2.32. The van der Waals surface area contributed by atoms with E-state index < -0.39 is 0 Å². The molecule has 2 nitrogen and oxygen atoms in total. The number of amides is 1. The van der Waals surface area contributed by atoms with E-state index in [2.05, 4.69) is 42.3 Å². The van der Waals surface area contributed by atoms with Crippen LogP contribution in [0.2, 0.25) is 4.34 Å². The van der Waals surface area contributed by atoms with Crippen LogP contribution >= 0.6 is 34.3 Å². The van der Waals surface area contributed by atoms with Crippen LogP contribution in [-0.2, 0) is 11.3 Å². The highest BCUT2D eigenvalue weighted by molar-refractivity contribution is 7.17. The van der Waals surface area contributed by atoms with Crippen molar-refractivity contribution in [3.8, 4) is 0 Å². The number of benzene rings is 1. The summed E-state index contributed by atoms with van der Waals surface area (Å²) in [7, 11) is 0. The highest BCUT2D eigenvalue weighted by atomic mass is 35.5. The topological polar surface area (TPSA) is 20.3 Å². The summed E-state index contributed by atoms with van der Waals surface area (Å²) in [4.78, 5) is 15.2. The Bertz CT molecular complexity index is 911. The Balaban J connectivity index is 1.85. The Hall–Kier alpha value is -1.62. The van der Waals surface area contributed by atoms with Crippen LogP contribution in [0.1, 0.15) is 21.9 Å². The van der Waals surface area contributed by atoms with Gasteiger partial charge in [-0.05, 0) is 40.1 Å². The van der Waals surface area contributed by atoms with Gasteiger partial charge in [0.15, 0.2) is 0 Å². The number of nitrogens with zero attached hydrogens (tertiary/aromatic N) is 1. The van der Waals surface area contributed by atoms with Crippen LogP contribution in [0.5, 0.6) is 0 Å². The van der Waals surface area contributed by atoms with E-state index in [1.807, 2.05) is 4.90 Å². The Labute approximate surface area is 147 Å². The molecule has 0 fully saturated rings. The fraction of sp³-hybridized carbons (Fsp3) is 0.167. The summed E-state index contributed by atoms with van der Waals surface area (Å²) in [6.07, 6.45) is 1.39. The molecule has 0 saturated heterocycles. The monoisotopic (exact) mass is 359 g/mol. The zero-order chi connectivity index (χ0) is 16.0. The molecule has 5 heteroatoms. The molecule has 1 aromatic carbocycles. The minimum Gasteiger partial charge on any atom is -0.333 e. The fourth-order valence-corrected chi connectivity index (χ4v) is 5.59. The van der Waals surface area contributed by atoms with Crippen molar-refractivity contribution in [1.82, 2.24) is 4.90 Å². The normalized spacial score (nSPS) is 17.3. The smallest absolute Gasteiger partial charge is 0.246 e. The van der Waals surface area contributed by atoms with Crippen LogP contribution in [0.3, 0.4) is 0 Å². The molecule has 0 spiro atoms. The average molecular weight is 360 g/mol. The van der Waals surface area contributed by atoms with E-state index in [0.717, 1.165) is 4.34 Å². The number of hydrogen-bond acceptors (Lipinski definition) is 3. The summed E-state index contributed by atoms with van der Waals surface area (Å²) < 4.78 is 2.06. The maximum absolute atomic E-state index is 12.1. The number of carbonyl (C=O) groups excluding carboxylic acids is 1. The molecule has 0 unspecified atom stereocenters. The van der Waals surface area contributed by atoms with E-state index >= 15 is 0 Å². The molecule has 116 valence electrons. The van der Waals surface area contributed by atoms with Crippen LogP contribution in [0, 0.1) is 0 Å². The van der Waals surface area contributed by atoms with Crippen molar-refractivity contribution >= 4 is 50.3 Å². The van der Waals surface area contributed by atoms with Crippen molar-refractivity contribution in [2.24, 2.45) is 0 Å². The van der Waals surface area contributed by atoms with Crippen molar-refractivity contribution in [2.75, 3.05) is 6.54 Å². The lowest BCUT2D eigenvalue weighted by molar-refractivity contribution is -0.127. The summed E-state index contributed by atoms with van der Waals surface area (Å²) in [5.74, 6) is 0.146. The number of thiophene rings is 2. The maximum atomic E-state index is 12.1. The molecular formula is C18H14ClNOS2. The Morgan fingerprint density at radius 1 is 1.35 bits per heavy atom. The Morgan fingerprint density at radius 2 is 2.17 bits per heavy atom. The third-order valence-corrected chi connectivity index (χ3v) is 6.54. The standard InChI is InChI=1S/C18H14ClNOS2/c1-2-18(21)20-8-13(12-7-17(19)23-16(12)9-20)14-10-22-15-6-4-3-5-11(14)15/h2-7,10,13H,1,8-9H2/t13-/m1/s1. The average Bonchev–Trinajstić information content (AvgIpc) is 3.15. The van der Waals surface area contributed by atoms with Crippen LogP contribution < -0.4 is 0 Å². The highest BCUT2D eigenvalue weighted by Crippen LogP contribution is 2.43. The number of rotatable bonds is 2. The van der Waals surface area contributed by atoms with Gasteiger partial charge in [0.1, 0.15) is 0 Å². The van der Waals surface area contributed by atoms with Crippen LogP contribution in [0.15, 0.2) is 48.4 Å². The largest absolute Gasteiger partial charge is 0.333 e. The number of halogens is 1. The Morgan fingerprint density at radius 3 is 3.00 bits per heavy atom. The molecule has 0 bridgehead atoms. The molecule has 2 aromatic heterocycles. The predicted molar refractivity (Wildman–Crippen MR) is 98.6 cm³/mol. The molecular weight excluding hydrogens is 346 g/mol. The van der Waals surface area contributed by atoms with E-state index in [0.29, 0.717) is 13.1 Å².